The lowest BCUT2D eigenvalue weighted by Crippen LogP contribution is -2.34. The normalized spacial score (nSPS) is 20.7. The molecule has 0 amide bonds. The molecule has 1 saturated heterocycles. The molecule has 4 rings (SSSR count). The van der Waals surface area contributed by atoms with Crippen molar-refractivity contribution in [1.29, 1.82) is 0 Å². The molecule has 2 aliphatic rings. The topological polar surface area (TPSA) is 57.5 Å². The van der Waals surface area contributed by atoms with Crippen LogP contribution in [-0.2, 0) is 11.3 Å². The molecule has 0 spiro atoms. The smallest absolute Gasteiger partial charge is 0.231 e. The highest BCUT2D eigenvalue weighted by molar-refractivity contribution is 5.44. The van der Waals surface area contributed by atoms with E-state index < -0.39 is 0 Å². The van der Waals surface area contributed by atoms with Gasteiger partial charge < -0.3 is 24.1 Å². The predicted octanol–water partition coefficient (Wildman–Crippen LogP) is 1.32. The van der Waals surface area contributed by atoms with Crippen LogP contribution in [0.25, 0.3) is 0 Å². The second-order valence-electron chi connectivity index (χ2n) is 5.20. The molecule has 1 unspecified atom stereocenters. The average Bonchev–Trinajstić information content (AvgIpc) is 3.16. The van der Waals surface area contributed by atoms with Gasteiger partial charge in [-0.15, -0.1) is 0 Å². The number of morpholine rings is 1. The first-order chi connectivity index (χ1) is 10.4. The van der Waals surface area contributed by atoms with E-state index in [1.807, 2.05) is 24.7 Å². The highest BCUT2D eigenvalue weighted by Gasteiger charge is 2.20. The van der Waals surface area contributed by atoms with Gasteiger partial charge in [-0.25, -0.2) is 4.98 Å². The lowest BCUT2D eigenvalue weighted by molar-refractivity contribution is 0.0230. The summed E-state index contributed by atoms with van der Waals surface area (Å²) in [4.78, 5) is 4.27. The molecular formula is C15H17N3O3. The van der Waals surface area contributed by atoms with Crippen molar-refractivity contribution in [2.75, 3.05) is 26.5 Å². The summed E-state index contributed by atoms with van der Waals surface area (Å²) in [7, 11) is 0. The van der Waals surface area contributed by atoms with Gasteiger partial charge in [-0.3, -0.25) is 0 Å². The van der Waals surface area contributed by atoms with Gasteiger partial charge in [0, 0.05) is 19.6 Å². The van der Waals surface area contributed by atoms with Crippen LogP contribution in [0.15, 0.2) is 30.7 Å². The van der Waals surface area contributed by atoms with Crippen LogP contribution < -0.4 is 14.8 Å². The molecule has 1 fully saturated rings. The number of hydrogen-bond donors (Lipinski definition) is 1. The van der Waals surface area contributed by atoms with Crippen molar-refractivity contribution in [2.24, 2.45) is 0 Å². The van der Waals surface area contributed by atoms with Gasteiger partial charge in [-0.1, -0.05) is 6.07 Å². The number of nitrogens with zero attached hydrogens (tertiary/aromatic N) is 2. The van der Waals surface area contributed by atoms with Crippen LogP contribution in [0.3, 0.4) is 0 Å². The quantitative estimate of drug-likeness (QED) is 0.922. The molecule has 6 nitrogen and oxygen atoms in total. The molecule has 0 saturated carbocycles. The molecule has 1 aromatic heterocycles. The van der Waals surface area contributed by atoms with E-state index in [-0.39, 0.29) is 6.10 Å². The van der Waals surface area contributed by atoms with Crippen LogP contribution in [0, 0.1) is 0 Å². The van der Waals surface area contributed by atoms with Gasteiger partial charge in [0.25, 0.3) is 0 Å². The predicted molar refractivity (Wildman–Crippen MR) is 75.5 cm³/mol. The van der Waals surface area contributed by atoms with Gasteiger partial charge in [-0.2, -0.15) is 0 Å². The van der Waals surface area contributed by atoms with Crippen molar-refractivity contribution in [3.05, 3.63) is 42.0 Å². The summed E-state index contributed by atoms with van der Waals surface area (Å²) in [5, 5.41) is 3.35. The average molecular weight is 287 g/mol. The molecule has 3 heterocycles. The molecule has 1 N–H and O–H groups in total. The van der Waals surface area contributed by atoms with E-state index in [1.165, 1.54) is 0 Å². The zero-order chi connectivity index (χ0) is 14.1. The Morgan fingerprint density at radius 2 is 2.24 bits per heavy atom. The number of aromatic nitrogens is 2. The fourth-order valence-corrected chi connectivity index (χ4v) is 2.72. The number of benzene rings is 1. The minimum Gasteiger partial charge on any atom is -0.454 e. The van der Waals surface area contributed by atoms with Crippen LogP contribution >= 0.6 is 0 Å². The highest BCUT2D eigenvalue weighted by Crippen LogP contribution is 2.33. The molecule has 2 aliphatic heterocycles. The molecule has 1 atom stereocenters. The molecule has 0 aliphatic carbocycles. The second kappa shape index (κ2) is 5.38. The lowest BCUT2D eigenvalue weighted by Gasteiger charge is -2.24. The zero-order valence-electron chi connectivity index (χ0n) is 11.6. The molecule has 2 aromatic rings. The molecule has 0 bridgehead atoms. The SMILES string of the molecule is c1cc2c(cc1Cn1cncc1C1CNCCO1)OCO2. The molecule has 110 valence electrons. The van der Waals surface area contributed by atoms with Crippen molar-refractivity contribution < 1.29 is 14.2 Å². The minimum absolute atomic E-state index is 0.0651. The van der Waals surface area contributed by atoms with Gasteiger partial charge in [0.05, 0.1) is 24.8 Å². The first-order valence-electron chi connectivity index (χ1n) is 7.11. The van der Waals surface area contributed by atoms with Gasteiger partial charge in [0.15, 0.2) is 11.5 Å². The monoisotopic (exact) mass is 287 g/mol. The molecule has 1 aromatic carbocycles. The van der Waals surface area contributed by atoms with Crippen LogP contribution in [-0.4, -0.2) is 36.0 Å². The summed E-state index contributed by atoms with van der Waals surface area (Å²) >= 11 is 0. The Hall–Kier alpha value is -2.05. The number of imidazole rings is 1. The Morgan fingerprint density at radius 1 is 1.29 bits per heavy atom. The third kappa shape index (κ3) is 2.48. The van der Waals surface area contributed by atoms with Crippen LogP contribution in [0.2, 0.25) is 0 Å². The van der Waals surface area contributed by atoms with Crippen LogP contribution in [0.4, 0.5) is 0 Å². The number of fused-ring (bicyclic) bond motifs is 1. The van der Waals surface area contributed by atoms with E-state index in [1.54, 1.807) is 0 Å². The molecule has 0 radical (unpaired) electrons. The van der Waals surface area contributed by atoms with E-state index in [9.17, 15) is 0 Å². The third-order valence-corrected chi connectivity index (χ3v) is 3.79. The summed E-state index contributed by atoms with van der Waals surface area (Å²) in [5.41, 5.74) is 2.25. The van der Waals surface area contributed by atoms with E-state index in [0.29, 0.717) is 6.79 Å². The Bertz CT molecular complexity index is 635. The van der Waals surface area contributed by atoms with Crippen molar-refractivity contribution in [2.45, 2.75) is 12.6 Å². The van der Waals surface area contributed by atoms with Gasteiger partial charge in [0.1, 0.15) is 6.10 Å². The number of hydrogen-bond acceptors (Lipinski definition) is 5. The summed E-state index contributed by atoms with van der Waals surface area (Å²) in [6, 6.07) is 6.02. The van der Waals surface area contributed by atoms with E-state index in [0.717, 1.165) is 49.0 Å². The first-order valence-corrected chi connectivity index (χ1v) is 7.11. The number of rotatable bonds is 3. The van der Waals surface area contributed by atoms with Gasteiger partial charge in [-0.05, 0) is 17.7 Å². The molecule has 6 heteroatoms. The number of ether oxygens (including phenoxy) is 3. The Labute approximate surface area is 122 Å². The molecule has 21 heavy (non-hydrogen) atoms. The van der Waals surface area contributed by atoms with Crippen LogP contribution in [0.1, 0.15) is 17.4 Å². The number of nitrogens with one attached hydrogen (secondary N) is 1. The minimum atomic E-state index is 0.0651. The summed E-state index contributed by atoms with van der Waals surface area (Å²) in [5.74, 6) is 1.62. The maximum Gasteiger partial charge on any atom is 0.231 e. The van der Waals surface area contributed by atoms with Crippen molar-refractivity contribution in [3.63, 3.8) is 0 Å². The van der Waals surface area contributed by atoms with E-state index in [2.05, 4.69) is 20.9 Å². The van der Waals surface area contributed by atoms with E-state index >= 15 is 0 Å². The third-order valence-electron chi connectivity index (χ3n) is 3.79. The zero-order valence-corrected chi connectivity index (χ0v) is 11.6. The fraction of sp³-hybridized carbons (Fsp3) is 0.400. The summed E-state index contributed by atoms with van der Waals surface area (Å²) in [6.45, 7) is 3.52. The van der Waals surface area contributed by atoms with E-state index in [4.69, 9.17) is 14.2 Å². The Kier molecular flexibility index (Phi) is 3.25. The fourth-order valence-electron chi connectivity index (χ4n) is 2.72. The van der Waals surface area contributed by atoms with Crippen molar-refractivity contribution in [1.82, 2.24) is 14.9 Å². The van der Waals surface area contributed by atoms with Gasteiger partial charge >= 0.3 is 0 Å². The largest absolute Gasteiger partial charge is 0.454 e. The lowest BCUT2D eigenvalue weighted by atomic mass is 10.2. The standard InChI is InChI=1S/C15H17N3O3/c1-2-13-14(21-10-20-13)5-11(1)8-18-9-17-6-12(18)15-7-16-3-4-19-15/h1-2,5-6,9,15-16H,3-4,7-8,10H2. The second-order valence-corrected chi connectivity index (χ2v) is 5.20. The Morgan fingerprint density at radius 3 is 3.14 bits per heavy atom. The summed E-state index contributed by atoms with van der Waals surface area (Å²) < 4.78 is 18.7. The van der Waals surface area contributed by atoms with Crippen molar-refractivity contribution in [3.8, 4) is 11.5 Å². The highest BCUT2D eigenvalue weighted by atomic mass is 16.7. The molecular weight excluding hydrogens is 270 g/mol. The van der Waals surface area contributed by atoms with Gasteiger partial charge in [0.2, 0.25) is 6.79 Å². The maximum absolute atomic E-state index is 5.81. The van der Waals surface area contributed by atoms with Crippen LogP contribution in [0.5, 0.6) is 11.5 Å². The summed E-state index contributed by atoms with van der Waals surface area (Å²) in [6.07, 6.45) is 3.79. The first kappa shape index (κ1) is 12.7. The van der Waals surface area contributed by atoms with Crippen molar-refractivity contribution >= 4 is 0 Å². The Balaban J connectivity index is 1.56. The maximum atomic E-state index is 5.81.